The van der Waals surface area contributed by atoms with Gasteiger partial charge < -0.3 is 10.6 Å². The topological polar surface area (TPSA) is 46.3 Å². The van der Waals surface area contributed by atoms with E-state index >= 15 is 0 Å². The molecule has 0 bridgehead atoms. The van der Waals surface area contributed by atoms with Crippen LogP contribution in [0.3, 0.4) is 0 Å². The molecule has 1 aromatic rings. The van der Waals surface area contributed by atoms with Gasteiger partial charge in [-0.2, -0.15) is 0 Å². The number of nitrogens with zero attached hydrogens (tertiary/aromatic N) is 1. The maximum Gasteiger partial charge on any atom is 0.242 e. The average Bonchev–Trinajstić information content (AvgIpc) is 2.88. The third kappa shape index (κ3) is 2.69. The van der Waals surface area contributed by atoms with Gasteiger partial charge in [-0.3, -0.25) is 4.79 Å². The molecular formula is C13H20N2OS. The molecular weight excluding hydrogens is 232 g/mol. The zero-order chi connectivity index (χ0) is 12.5. The van der Waals surface area contributed by atoms with Crippen LogP contribution < -0.4 is 5.73 Å². The Labute approximate surface area is 107 Å². The first-order chi connectivity index (χ1) is 8.01. The van der Waals surface area contributed by atoms with Crippen LogP contribution in [-0.4, -0.2) is 23.4 Å². The van der Waals surface area contributed by atoms with Crippen LogP contribution in [0.15, 0.2) is 12.1 Å². The van der Waals surface area contributed by atoms with Crippen molar-refractivity contribution in [1.82, 2.24) is 4.90 Å². The van der Waals surface area contributed by atoms with E-state index in [2.05, 4.69) is 19.1 Å². The standard InChI is InChI=1S/C13H20N2OS/c1-10-5-6-11(17-10)9-15(2)12(16)13(14)7-3-4-8-13/h5-6H,3-4,7-9,14H2,1-2H3. The summed E-state index contributed by atoms with van der Waals surface area (Å²) in [6.07, 6.45) is 3.82. The Morgan fingerprint density at radius 2 is 2.12 bits per heavy atom. The number of amides is 1. The molecule has 0 aliphatic heterocycles. The van der Waals surface area contributed by atoms with E-state index in [1.54, 1.807) is 16.2 Å². The van der Waals surface area contributed by atoms with Crippen LogP contribution in [0, 0.1) is 6.92 Å². The molecule has 1 heterocycles. The lowest BCUT2D eigenvalue weighted by atomic mass is 9.97. The van der Waals surface area contributed by atoms with Gasteiger partial charge in [0.2, 0.25) is 5.91 Å². The Morgan fingerprint density at radius 3 is 2.65 bits per heavy atom. The highest BCUT2D eigenvalue weighted by atomic mass is 32.1. The molecule has 1 aliphatic carbocycles. The zero-order valence-corrected chi connectivity index (χ0v) is 11.3. The molecule has 1 amide bonds. The second-order valence-electron chi connectivity index (χ2n) is 5.04. The number of aryl methyl sites for hydroxylation is 1. The zero-order valence-electron chi connectivity index (χ0n) is 10.5. The van der Waals surface area contributed by atoms with E-state index in [1.165, 1.54) is 9.75 Å². The van der Waals surface area contributed by atoms with Crippen molar-refractivity contribution in [3.8, 4) is 0 Å². The quantitative estimate of drug-likeness (QED) is 0.897. The predicted octanol–water partition coefficient (Wildman–Crippen LogP) is 2.29. The Bertz CT molecular complexity index is 407. The number of carbonyl (C=O) groups is 1. The molecule has 0 radical (unpaired) electrons. The summed E-state index contributed by atoms with van der Waals surface area (Å²) in [6.45, 7) is 2.76. The molecule has 2 N–H and O–H groups in total. The van der Waals surface area contributed by atoms with Gasteiger partial charge in [0.25, 0.3) is 0 Å². The molecule has 3 nitrogen and oxygen atoms in total. The van der Waals surface area contributed by atoms with Crippen LogP contribution in [-0.2, 0) is 11.3 Å². The Kier molecular flexibility index (Phi) is 3.54. The Hall–Kier alpha value is -0.870. The molecule has 0 saturated heterocycles. The third-order valence-electron chi connectivity index (χ3n) is 3.46. The number of likely N-dealkylation sites (N-methyl/N-ethyl adjacent to an activating group) is 1. The summed E-state index contributed by atoms with van der Waals surface area (Å²) in [6, 6.07) is 4.17. The summed E-state index contributed by atoms with van der Waals surface area (Å²) in [5.41, 5.74) is 5.58. The van der Waals surface area contributed by atoms with Gasteiger partial charge in [-0.25, -0.2) is 0 Å². The number of thiophene rings is 1. The third-order valence-corrected chi connectivity index (χ3v) is 4.44. The summed E-state index contributed by atoms with van der Waals surface area (Å²) in [5, 5.41) is 0. The molecule has 0 spiro atoms. The fourth-order valence-corrected chi connectivity index (χ4v) is 3.42. The highest BCUT2D eigenvalue weighted by Crippen LogP contribution is 2.29. The summed E-state index contributed by atoms with van der Waals surface area (Å²) >= 11 is 1.74. The van der Waals surface area contributed by atoms with Gasteiger partial charge in [-0.15, -0.1) is 11.3 Å². The van der Waals surface area contributed by atoms with E-state index < -0.39 is 5.54 Å². The van der Waals surface area contributed by atoms with E-state index in [9.17, 15) is 4.79 Å². The molecule has 1 fully saturated rings. The minimum atomic E-state index is -0.596. The molecule has 17 heavy (non-hydrogen) atoms. The molecule has 1 aliphatic rings. The van der Waals surface area contributed by atoms with E-state index in [-0.39, 0.29) is 5.91 Å². The van der Waals surface area contributed by atoms with Gasteiger partial charge in [0.05, 0.1) is 12.1 Å². The van der Waals surface area contributed by atoms with Crippen LogP contribution in [0.5, 0.6) is 0 Å². The second-order valence-corrected chi connectivity index (χ2v) is 6.41. The first kappa shape index (κ1) is 12.6. The van der Waals surface area contributed by atoms with Gasteiger partial charge in [-0.05, 0) is 31.9 Å². The molecule has 1 aromatic heterocycles. The molecule has 2 rings (SSSR count). The summed E-state index contributed by atoms with van der Waals surface area (Å²) in [4.78, 5) is 16.6. The number of carbonyl (C=O) groups excluding carboxylic acids is 1. The SMILES string of the molecule is Cc1ccc(CN(C)C(=O)C2(N)CCCC2)s1. The van der Waals surface area contributed by atoms with Crippen LogP contribution in [0.4, 0.5) is 0 Å². The number of nitrogens with two attached hydrogens (primary N) is 1. The van der Waals surface area contributed by atoms with Gasteiger partial charge in [0.15, 0.2) is 0 Å². The number of hydrogen-bond acceptors (Lipinski definition) is 3. The van der Waals surface area contributed by atoms with Crippen LogP contribution in [0.25, 0.3) is 0 Å². The van der Waals surface area contributed by atoms with Crippen molar-refractivity contribution in [1.29, 1.82) is 0 Å². The minimum Gasteiger partial charge on any atom is -0.339 e. The molecule has 0 unspecified atom stereocenters. The predicted molar refractivity (Wildman–Crippen MR) is 70.9 cm³/mol. The first-order valence-electron chi connectivity index (χ1n) is 6.11. The van der Waals surface area contributed by atoms with Gasteiger partial charge in [0, 0.05) is 16.8 Å². The summed E-state index contributed by atoms with van der Waals surface area (Å²) < 4.78 is 0. The van der Waals surface area contributed by atoms with E-state index in [1.807, 2.05) is 7.05 Å². The van der Waals surface area contributed by atoms with Crippen molar-refractivity contribution in [2.24, 2.45) is 5.73 Å². The maximum atomic E-state index is 12.3. The number of hydrogen-bond donors (Lipinski definition) is 1. The van der Waals surface area contributed by atoms with Gasteiger partial charge in [-0.1, -0.05) is 12.8 Å². The van der Waals surface area contributed by atoms with Crippen molar-refractivity contribution < 1.29 is 4.79 Å². The second kappa shape index (κ2) is 4.78. The summed E-state index contributed by atoms with van der Waals surface area (Å²) in [5.74, 6) is 0.0982. The van der Waals surface area contributed by atoms with Crippen LogP contribution in [0.2, 0.25) is 0 Å². The fourth-order valence-electron chi connectivity index (χ4n) is 2.48. The monoisotopic (exact) mass is 252 g/mol. The lowest BCUT2D eigenvalue weighted by Gasteiger charge is -2.28. The molecule has 1 saturated carbocycles. The molecule has 0 aromatic carbocycles. The van der Waals surface area contributed by atoms with Crippen LogP contribution >= 0.6 is 11.3 Å². The highest BCUT2D eigenvalue weighted by Gasteiger charge is 2.38. The van der Waals surface area contributed by atoms with E-state index in [0.29, 0.717) is 6.54 Å². The number of rotatable bonds is 3. The lowest BCUT2D eigenvalue weighted by Crippen LogP contribution is -2.52. The fraction of sp³-hybridized carbons (Fsp3) is 0.615. The van der Waals surface area contributed by atoms with Gasteiger partial charge in [0.1, 0.15) is 0 Å². The van der Waals surface area contributed by atoms with Crippen LogP contribution in [0.1, 0.15) is 35.4 Å². The molecule has 0 atom stereocenters. The molecule has 4 heteroatoms. The lowest BCUT2D eigenvalue weighted by molar-refractivity contribution is -0.136. The Morgan fingerprint density at radius 1 is 1.47 bits per heavy atom. The highest BCUT2D eigenvalue weighted by molar-refractivity contribution is 7.11. The van der Waals surface area contributed by atoms with Gasteiger partial charge >= 0.3 is 0 Å². The smallest absolute Gasteiger partial charge is 0.242 e. The van der Waals surface area contributed by atoms with Crippen molar-refractivity contribution >= 4 is 17.2 Å². The van der Waals surface area contributed by atoms with E-state index in [4.69, 9.17) is 5.73 Å². The van der Waals surface area contributed by atoms with E-state index in [0.717, 1.165) is 25.7 Å². The average molecular weight is 252 g/mol. The molecule has 94 valence electrons. The summed E-state index contributed by atoms with van der Waals surface area (Å²) in [7, 11) is 1.85. The van der Waals surface area contributed by atoms with Crippen molar-refractivity contribution in [3.05, 3.63) is 21.9 Å². The minimum absolute atomic E-state index is 0.0982. The van der Waals surface area contributed by atoms with Crippen molar-refractivity contribution in [3.63, 3.8) is 0 Å². The largest absolute Gasteiger partial charge is 0.339 e. The van der Waals surface area contributed by atoms with Crippen molar-refractivity contribution in [2.75, 3.05) is 7.05 Å². The first-order valence-corrected chi connectivity index (χ1v) is 6.93. The Balaban J connectivity index is 2.00. The van der Waals surface area contributed by atoms with Crippen molar-refractivity contribution in [2.45, 2.75) is 44.7 Å². The normalized spacial score (nSPS) is 18.3. The maximum absolute atomic E-state index is 12.3.